The van der Waals surface area contributed by atoms with Gasteiger partial charge >= 0.3 is 12.1 Å². The largest absolute Gasteiger partial charge is 0.480 e. The van der Waals surface area contributed by atoms with Crippen LogP contribution >= 0.6 is 0 Å². The van der Waals surface area contributed by atoms with Gasteiger partial charge in [0.25, 0.3) is 0 Å². The number of carboxylic acids is 1. The third-order valence-electron chi connectivity index (χ3n) is 1.97. The first-order valence-corrected chi connectivity index (χ1v) is 4.56. The minimum absolute atomic E-state index is 0.113. The number of aliphatic carboxylic acids is 1. The van der Waals surface area contributed by atoms with Gasteiger partial charge in [-0.15, -0.1) is 0 Å². The van der Waals surface area contributed by atoms with Crippen LogP contribution in [0.1, 0.15) is 11.1 Å². The lowest BCUT2D eigenvalue weighted by atomic mass is 10.1. The molecule has 17 heavy (non-hydrogen) atoms. The molecule has 0 aliphatic rings. The van der Waals surface area contributed by atoms with E-state index in [9.17, 15) is 22.4 Å². The van der Waals surface area contributed by atoms with E-state index in [-0.39, 0.29) is 11.3 Å². The first kappa shape index (κ1) is 13.3. The highest BCUT2D eigenvalue weighted by molar-refractivity contribution is 5.73. The molecule has 0 bridgehead atoms. The van der Waals surface area contributed by atoms with E-state index in [1.54, 1.807) is 0 Å². The summed E-state index contributed by atoms with van der Waals surface area (Å²) in [5.41, 5.74) is -1.57. The number of hydrogen-bond acceptors (Lipinski definition) is 2. The molecule has 0 radical (unpaired) electrons. The summed E-state index contributed by atoms with van der Waals surface area (Å²) < 4.78 is 50.0. The van der Waals surface area contributed by atoms with Crippen molar-refractivity contribution in [2.75, 3.05) is 11.9 Å². The summed E-state index contributed by atoms with van der Waals surface area (Å²) in [6, 6.07) is 2.84. The fourth-order valence-electron chi connectivity index (χ4n) is 1.23. The number of nitrogens with one attached hydrogen (secondary N) is 1. The molecule has 0 saturated carbocycles. The predicted octanol–water partition coefficient (Wildman–Crippen LogP) is 2.67. The Morgan fingerprint density at radius 3 is 2.47 bits per heavy atom. The Morgan fingerprint density at radius 2 is 2.00 bits per heavy atom. The van der Waals surface area contributed by atoms with Gasteiger partial charge in [-0.05, 0) is 17.7 Å². The second-order valence-corrected chi connectivity index (χ2v) is 3.26. The standard InChI is InChI=1S/C10H9F4NO2/c11-4-6-1-2-8(15-5-9(16)17)7(3-6)10(12,13)14/h1-3,15H,4-5H2,(H,16,17). The summed E-state index contributed by atoms with van der Waals surface area (Å²) in [6.07, 6.45) is -4.66. The third kappa shape index (κ3) is 3.61. The molecule has 0 fully saturated rings. The zero-order chi connectivity index (χ0) is 13.1. The van der Waals surface area contributed by atoms with Crippen molar-refractivity contribution in [3.8, 4) is 0 Å². The average molecular weight is 251 g/mol. The number of carbonyl (C=O) groups is 1. The van der Waals surface area contributed by atoms with Crippen LogP contribution in [0, 0.1) is 0 Å². The lowest BCUT2D eigenvalue weighted by Crippen LogP contribution is -2.16. The zero-order valence-corrected chi connectivity index (χ0v) is 8.51. The topological polar surface area (TPSA) is 49.3 Å². The Labute approximate surface area is 94.1 Å². The van der Waals surface area contributed by atoms with Crippen molar-refractivity contribution in [1.82, 2.24) is 0 Å². The first-order valence-electron chi connectivity index (χ1n) is 4.56. The van der Waals surface area contributed by atoms with Gasteiger partial charge in [-0.25, -0.2) is 4.39 Å². The van der Waals surface area contributed by atoms with Crippen LogP contribution < -0.4 is 5.32 Å². The van der Waals surface area contributed by atoms with Crippen molar-refractivity contribution >= 4 is 11.7 Å². The molecule has 7 heteroatoms. The zero-order valence-electron chi connectivity index (χ0n) is 8.51. The van der Waals surface area contributed by atoms with Crippen LogP contribution in [-0.4, -0.2) is 17.6 Å². The Kier molecular flexibility index (Phi) is 3.93. The fraction of sp³-hybridized carbons (Fsp3) is 0.300. The number of carboxylic acid groups (broad SMARTS) is 1. The lowest BCUT2D eigenvalue weighted by molar-refractivity contribution is -0.138. The van der Waals surface area contributed by atoms with E-state index < -0.39 is 30.9 Å². The molecular formula is C10H9F4NO2. The van der Waals surface area contributed by atoms with Gasteiger partial charge in [-0.2, -0.15) is 13.2 Å². The number of halogens is 4. The SMILES string of the molecule is O=C(O)CNc1ccc(CF)cc1C(F)(F)F. The Morgan fingerprint density at radius 1 is 1.35 bits per heavy atom. The van der Waals surface area contributed by atoms with Gasteiger partial charge in [0.1, 0.15) is 13.2 Å². The van der Waals surface area contributed by atoms with E-state index in [4.69, 9.17) is 5.11 Å². The summed E-state index contributed by atoms with van der Waals surface area (Å²) in [5, 5.41) is 10.5. The molecule has 0 spiro atoms. The van der Waals surface area contributed by atoms with Crippen LogP contribution in [0.15, 0.2) is 18.2 Å². The summed E-state index contributed by atoms with van der Waals surface area (Å²) in [5.74, 6) is -1.28. The Bertz CT molecular complexity index is 417. The predicted molar refractivity (Wildman–Crippen MR) is 52.4 cm³/mol. The minimum Gasteiger partial charge on any atom is -0.480 e. The highest BCUT2D eigenvalue weighted by Gasteiger charge is 2.33. The second-order valence-electron chi connectivity index (χ2n) is 3.26. The van der Waals surface area contributed by atoms with Gasteiger partial charge in [0.2, 0.25) is 0 Å². The van der Waals surface area contributed by atoms with E-state index >= 15 is 0 Å². The van der Waals surface area contributed by atoms with Crippen molar-refractivity contribution in [3.05, 3.63) is 29.3 Å². The smallest absolute Gasteiger partial charge is 0.418 e. The van der Waals surface area contributed by atoms with Gasteiger partial charge in [0, 0.05) is 5.69 Å². The second kappa shape index (κ2) is 5.03. The first-order chi connectivity index (χ1) is 7.84. The molecule has 0 saturated heterocycles. The minimum atomic E-state index is -4.66. The van der Waals surface area contributed by atoms with Crippen molar-refractivity contribution in [2.24, 2.45) is 0 Å². The van der Waals surface area contributed by atoms with Crippen LogP contribution in [0.2, 0.25) is 0 Å². The van der Waals surface area contributed by atoms with Gasteiger partial charge in [0.15, 0.2) is 0 Å². The van der Waals surface area contributed by atoms with E-state index in [0.29, 0.717) is 6.07 Å². The van der Waals surface area contributed by atoms with Gasteiger partial charge in [-0.1, -0.05) is 6.07 Å². The van der Waals surface area contributed by atoms with Crippen LogP contribution in [-0.2, 0) is 17.6 Å². The molecule has 0 unspecified atom stereocenters. The summed E-state index contributed by atoms with van der Waals surface area (Å²) in [4.78, 5) is 10.3. The van der Waals surface area contributed by atoms with Crippen molar-refractivity contribution in [3.63, 3.8) is 0 Å². The van der Waals surface area contributed by atoms with Crippen LogP contribution in [0.5, 0.6) is 0 Å². The molecule has 0 aromatic heterocycles. The number of benzene rings is 1. The van der Waals surface area contributed by atoms with Crippen molar-refractivity contribution in [1.29, 1.82) is 0 Å². The van der Waals surface area contributed by atoms with Crippen LogP contribution in [0.25, 0.3) is 0 Å². The normalized spacial score (nSPS) is 11.3. The molecule has 2 N–H and O–H groups in total. The van der Waals surface area contributed by atoms with E-state index in [1.165, 1.54) is 6.07 Å². The van der Waals surface area contributed by atoms with Crippen molar-refractivity contribution in [2.45, 2.75) is 12.9 Å². The maximum absolute atomic E-state index is 12.6. The molecule has 94 valence electrons. The van der Waals surface area contributed by atoms with Gasteiger partial charge in [-0.3, -0.25) is 4.79 Å². The quantitative estimate of drug-likeness (QED) is 0.809. The Balaban J connectivity index is 3.07. The molecular weight excluding hydrogens is 242 g/mol. The molecule has 1 aromatic carbocycles. The maximum atomic E-state index is 12.6. The van der Waals surface area contributed by atoms with Crippen LogP contribution in [0.3, 0.4) is 0 Å². The van der Waals surface area contributed by atoms with Crippen LogP contribution in [0.4, 0.5) is 23.2 Å². The Hall–Kier alpha value is -1.79. The fourth-order valence-corrected chi connectivity index (χ4v) is 1.23. The highest BCUT2D eigenvalue weighted by atomic mass is 19.4. The molecule has 0 atom stereocenters. The summed E-state index contributed by atoms with van der Waals surface area (Å²) in [7, 11) is 0. The van der Waals surface area contributed by atoms with Gasteiger partial charge in [0.05, 0.1) is 5.56 Å². The third-order valence-corrected chi connectivity index (χ3v) is 1.97. The molecule has 0 aliphatic heterocycles. The van der Waals surface area contributed by atoms with Gasteiger partial charge < -0.3 is 10.4 Å². The maximum Gasteiger partial charge on any atom is 0.418 e. The molecule has 0 amide bonds. The molecule has 1 rings (SSSR count). The number of rotatable bonds is 4. The molecule has 3 nitrogen and oxygen atoms in total. The molecule has 0 aliphatic carbocycles. The number of hydrogen-bond donors (Lipinski definition) is 2. The number of anilines is 1. The van der Waals surface area contributed by atoms with E-state index in [2.05, 4.69) is 5.32 Å². The monoisotopic (exact) mass is 251 g/mol. The molecule has 0 heterocycles. The number of alkyl halides is 4. The summed E-state index contributed by atoms with van der Waals surface area (Å²) in [6.45, 7) is -1.65. The van der Waals surface area contributed by atoms with E-state index in [1.807, 2.05) is 0 Å². The average Bonchev–Trinajstić information content (AvgIpc) is 2.24. The van der Waals surface area contributed by atoms with E-state index in [0.717, 1.165) is 6.07 Å². The molecule has 1 aromatic rings. The summed E-state index contributed by atoms with van der Waals surface area (Å²) >= 11 is 0. The lowest BCUT2D eigenvalue weighted by Gasteiger charge is -2.14. The van der Waals surface area contributed by atoms with Crippen molar-refractivity contribution < 1.29 is 27.5 Å². The highest BCUT2D eigenvalue weighted by Crippen LogP contribution is 2.35.